The molecule has 0 N–H and O–H groups in total. The molecule has 828 valence electrons. The normalized spacial score (nSPS) is 12.4. The van der Waals surface area contributed by atoms with Crippen molar-refractivity contribution in [3.63, 3.8) is 0 Å². The van der Waals surface area contributed by atoms with Crippen LogP contribution in [0.3, 0.4) is 0 Å². The third kappa shape index (κ3) is 89.1. The summed E-state index contributed by atoms with van der Waals surface area (Å²) in [5.41, 5.74) is -3.92. The van der Waals surface area contributed by atoms with E-state index in [1.54, 1.807) is 0 Å². The standard InChI is InChI=1S/3C43H80O4.Al/c3*1-5-7-9-11-13-15-17-19-21-23-25-27-29-31-33-35-37-43(47-40(3)4,41(44)39-42(45)46)38-36-34-32-30-28-26-24-22-20-18-16-14-12-10-8-6-2;/h3*19-22,40H,5-18,23-39H2,1-4H3,(H,45,46);/q;;;+3/p-3/b3*21-19-,22-20-;. The van der Waals surface area contributed by atoms with Crippen molar-refractivity contribution >= 4 is 50.4 Å². The van der Waals surface area contributed by atoms with Gasteiger partial charge in [-0.1, -0.05) is 500 Å². The molecule has 0 aliphatic rings. The second-order valence-electron chi connectivity index (χ2n) is 44.2. The maximum Gasteiger partial charge on any atom is 1.20 e. The predicted octanol–water partition coefficient (Wildman–Crippen LogP) is 41.5. The molecule has 0 aromatic carbocycles. The SMILES string of the molecule is CCCCCCCC/C=C\CCCCCCCCC(CCCCCCCC/C=C\CCCCCCCC)(OC(C)C)C(=O)CC(=O)[O][Al]([O]C(=O)CC(=O)C(CCCCCCCC/C=C\CCCCCCCC)(CCCCCCCC/C=C\CCCCCCCC)OC(C)C)[O]C(=O)CC(=O)C(CCCCCCCC/C=C\CCCCCCCC)(CCCCCCCC/C=C\CCCCCCCC)OC(C)C. The number of hydrogen-bond acceptors (Lipinski definition) is 12. The summed E-state index contributed by atoms with van der Waals surface area (Å²) < 4.78 is 39.2. The van der Waals surface area contributed by atoms with Crippen molar-refractivity contribution in [2.45, 2.75) is 715 Å². The van der Waals surface area contributed by atoms with Crippen LogP contribution >= 0.6 is 0 Å². The summed E-state index contributed by atoms with van der Waals surface area (Å²) in [6, 6.07) is 0. The van der Waals surface area contributed by atoms with Crippen molar-refractivity contribution < 1.29 is 54.3 Å². The van der Waals surface area contributed by atoms with Crippen LogP contribution in [-0.2, 0) is 54.3 Å². The third-order valence-corrected chi connectivity index (χ3v) is 30.4. The van der Waals surface area contributed by atoms with Gasteiger partial charge in [-0.2, -0.15) is 0 Å². The first kappa shape index (κ1) is 138. The van der Waals surface area contributed by atoms with Crippen LogP contribution in [0.4, 0.5) is 0 Å². The Labute approximate surface area is 887 Å². The van der Waals surface area contributed by atoms with Gasteiger partial charge in [0.2, 0.25) is 0 Å². The Kier molecular flexibility index (Phi) is 103. The molecular weight excluding hydrogens is 1770 g/mol. The molecule has 0 unspecified atom stereocenters. The van der Waals surface area contributed by atoms with Crippen LogP contribution in [0.5, 0.6) is 0 Å². The summed E-state index contributed by atoms with van der Waals surface area (Å²) in [7, 11) is 0. The lowest BCUT2D eigenvalue weighted by Crippen LogP contribution is -2.47. The molecule has 0 saturated carbocycles. The molecule has 13 heteroatoms. The van der Waals surface area contributed by atoms with E-state index in [1.165, 1.54) is 231 Å². The van der Waals surface area contributed by atoms with Crippen LogP contribution in [0.25, 0.3) is 0 Å². The van der Waals surface area contributed by atoms with Gasteiger partial charge in [-0.25, -0.2) is 0 Å². The Balaban J connectivity index is 7.72. The average Bonchev–Trinajstić information content (AvgIpc) is 0.832. The van der Waals surface area contributed by atoms with Gasteiger partial charge in [0.15, 0.2) is 17.3 Å². The highest BCUT2D eigenvalue weighted by atomic mass is 27.3. The van der Waals surface area contributed by atoms with Crippen LogP contribution in [0.15, 0.2) is 72.9 Å². The molecule has 0 heterocycles. The van der Waals surface area contributed by atoms with Gasteiger partial charge in [-0.3, -0.25) is 28.8 Å². The van der Waals surface area contributed by atoms with Crippen molar-refractivity contribution in [3.8, 4) is 0 Å². The minimum absolute atomic E-state index is 0.339. The zero-order valence-corrected chi connectivity index (χ0v) is 97.6. The molecule has 0 fully saturated rings. The smallest absolute Gasteiger partial charge is 0.550 e. The van der Waals surface area contributed by atoms with Crippen molar-refractivity contribution in [1.82, 2.24) is 0 Å². The van der Waals surface area contributed by atoms with Crippen LogP contribution in [0.1, 0.15) is 680 Å². The van der Waals surface area contributed by atoms with E-state index in [0.717, 1.165) is 308 Å². The maximum absolute atomic E-state index is 15.6. The lowest BCUT2D eigenvalue weighted by Gasteiger charge is -2.35. The van der Waals surface area contributed by atoms with E-state index >= 15 is 28.8 Å². The van der Waals surface area contributed by atoms with E-state index in [0.29, 0.717) is 38.5 Å². The van der Waals surface area contributed by atoms with Gasteiger partial charge in [0.25, 0.3) is 17.9 Å². The lowest BCUT2D eigenvalue weighted by atomic mass is 9.84. The fraction of sp³-hybridized carbons (Fsp3) is 0.860. The number of rotatable bonds is 114. The van der Waals surface area contributed by atoms with E-state index in [4.69, 9.17) is 25.6 Å². The Hall–Kier alpha value is -3.73. The highest BCUT2D eigenvalue weighted by Crippen LogP contribution is 2.37. The quantitative estimate of drug-likeness (QED) is 0.0246. The lowest BCUT2D eigenvalue weighted by molar-refractivity contribution is -0.161. The number of unbranched alkanes of at least 4 members (excludes halogenated alkanes) is 72. The van der Waals surface area contributed by atoms with Crippen molar-refractivity contribution in [1.29, 1.82) is 0 Å². The summed E-state index contributed by atoms with van der Waals surface area (Å²) in [6.07, 6.45) is 125. The molecule has 0 aromatic heterocycles. The largest absolute Gasteiger partial charge is 1.20 e. The fourth-order valence-electron chi connectivity index (χ4n) is 20.5. The van der Waals surface area contributed by atoms with Gasteiger partial charge < -0.3 is 25.6 Å². The zero-order chi connectivity index (χ0) is 104. The molecular formula is C129H237AlO12. The summed E-state index contributed by atoms with van der Waals surface area (Å²) in [4.78, 5) is 91.9. The zero-order valence-electron chi connectivity index (χ0n) is 96.4. The van der Waals surface area contributed by atoms with Gasteiger partial charge in [-0.05, 0) is 234 Å². The molecule has 0 aliphatic carbocycles. The van der Waals surface area contributed by atoms with E-state index in [2.05, 4.69) is 114 Å². The summed E-state index contributed by atoms with van der Waals surface area (Å²) in [5, 5.41) is 0. The number of ketones is 3. The maximum atomic E-state index is 15.6. The van der Waals surface area contributed by atoms with Crippen molar-refractivity contribution in [2.75, 3.05) is 0 Å². The molecule has 0 rings (SSSR count). The molecule has 0 spiro atoms. The number of carbonyl (C=O) groups is 6. The summed E-state index contributed by atoms with van der Waals surface area (Å²) in [5.74, 6) is -4.26. The fourth-order valence-corrected chi connectivity index (χ4v) is 21.5. The van der Waals surface area contributed by atoms with Gasteiger partial charge in [0.05, 0.1) is 18.3 Å². The van der Waals surface area contributed by atoms with Gasteiger partial charge in [0, 0.05) is 0 Å². The van der Waals surface area contributed by atoms with Gasteiger partial charge in [-0.15, -0.1) is 0 Å². The Morgan fingerprint density at radius 2 is 0.289 bits per heavy atom. The summed E-state index contributed by atoms with van der Waals surface area (Å²) in [6.45, 7) is 25.3. The number of carbonyl (C=O) groups excluding carboxylic acids is 6. The van der Waals surface area contributed by atoms with Crippen molar-refractivity contribution in [2.24, 2.45) is 0 Å². The van der Waals surface area contributed by atoms with E-state index < -0.39 is 86.5 Å². The first-order chi connectivity index (χ1) is 69.3. The molecule has 142 heavy (non-hydrogen) atoms. The Bertz CT molecular complexity index is 2540. The van der Waals surface area contributed by atoms with E-state index in [9.17, 15) is 0 Å². The van der Waals surface area contributed by atoms with E-state index in [1.807, 2.05) is 41.5 Å². The summed E-state index contributed by atoms with van der Waals surface area (Å²) >= 11 is -4.33. The molecule has 0 amide bonds. The van der Waals surface area contributed by atoms with Crippen LogP contribution in [0.2, 0.25) is 0 Å². The first-order valence-electron chi connectivity index (χ1n) is 62.5. The number of Topliss-reactive ketones (excluding diaryl/α,β-unsaturated/α-hetero) is 3. The highest BCUT2D eigenvalue weighted by molar-refractivity contribution is 6.45. The second-order valence-corrected chi connectivity index (χ2v) is 45.5. The monoisotopic (exact) mass is 2010 g/mol. The number of hydrogen-bond donors (Lipinski definition) is 0. The molecule has 0 aliphatic heterocycles. The minimum Gasteiger partial charge on any atom is -0.550 e. The van der Waals surface area contributed by atoms with Gasteiger partial charge >= 0.3 is 15.1 Å². The second kappa shape index (κ2) is 106. The molecule has 0 radical (unpaired) electrons. The predicted molar refractivity (Wildman–Crippen MR) is 614 cm³/mol. The van der Waals surface area contributed by atoms with Crippen LogP contribution in [0, 0.1) is 0 Å². The molecule has 0 aromatic rings. The van der Waals surface area contributed by atoms with Crippen molar-refractivity contribution in [3.05, 3.63) is 72.9 Å². The Morgan fingerprint density at radius 3 is 0.408 bits per heavy atom. The molecule has 0 saturated heterocycles. The topological polar surface area (TPSA) is 158 Å². The van der Waals surface area contributed by atoms with Crippen LogP contribution < -0.4 is 0 Å². The van der Waals surface area contributed by atoms with Gasteiger partial charge in [0.1, 0.15) is 36.1 Å². The number of ether oxygens (including phenoxy) is 3. The third-order valence-electron chi connectivity index (χ3n) is 29.1. The highest BCUT2D eigenvalue weighted by Gasteiger charge is 2.53. The first-order valence-corrected chi connectivity index (χ1v) is 63.9. The van der Waals surface area contributed by atoms with E-state index in [-0.39, 0.29) is 18.3 Å². The minimum atomic E-state index is -4.33. The molecule has 0 bridgehead atoms. The average molecular weight is 2010 g/mol. The Morgan fingerprint density at radius 1 is 0.176 bits per heavy atom. The van der Waals surface area contributed by atoms with Crippen LogP contribution in [-0.4, -0.2) is 85.5 Å². The molecule has 0 atom stereocenters. The number of allylic oxidation sites excluding steroid dienone is 12. The molecule has 12 nitrogen and oxygen atoms in total.